The molecule has 0 radical (unpaired) electrons. The van der Waals surface area contributed by atoms with E-state index in [0.29, 0.717) is 13.0 Å². The predicted molar refractivity (Wildman–Crippen MR) is 54.9 cm³/mol. The van der Waals surface area contributed by atoms with Gasteiger partial charge in [0.05, 0.1) is 11.1 Å². The van der Waals surface area contributed by atoms with Gasteiger partial charge < -0.3 is 14.8 Å². The number of pyridine rings is 1. The van der Waals surface area contributed by atoms with E-state index in [1.165, 1.54) is 4.57 Å². The van der Waals surface area contributed by atoms with Gasteiger partial charge in [-0.2, -0.15) is 0 Å². The molecule has 0 amide bonds. The van der Waals surface area contributed by atoms with Crippen LogP contribution in [0.25, 0.3) is 0 Å². The first-order valence-corrected chi connectivity index (χ1v) is 4.68. The highest BCUT2D eigenvalue weighted by Crippen LogP contribution is 2.06. The van der Waals surface area contributed by atoms with Crippen molar-refractivity contribution in [1.82, 2.24) is 4.57 Å². The zero-order valence-electron chi connectivity index (χ0n) is 8.64. The first-order valence-electron chi connectivity index (χ1n) is 4.68. The fourth-order valence-electron chi connectivity index (χ4n) is 1.34. The lowest BCUT2D eigenvalue weighted by Crippen LogP contribution is -2.24. The normalized spacial score (nSPS) is 10.1. The number of aromatic nitrogens is 1. The molecule has 6 nitrogen and oxygen atoms in total. The van der Waals surface area contributed by atoms with Crippen LogP contribution in [0.1, 0.15) is 34.1 Å². The third-order valence-corrected chi connectivity index (χ3v) is 2.05. The van der Waals surface area contributed by atoms with Crippen LogP contribution in [0, 0.1) is 0 Å². The summed E-state index contributed by atoms with van der Waals surface area (Å²) in [4.78, 5) is 33.0. The fourth-order valence-corrected chi connectivity index (χ4v) is 1.34. The number of aryl methyl sites for hydroxylation is 1. The Morgan fingerprint density at radius 1 is 1.25 bits per heavy atom. The van der Waals surface area contributed by atoms with Gasteiger partial charge in [-0.15, -0.1) is 0 Å². The van der Waals surface area contributed by atoms with E-state index < -0.39 is 23.1 Å². The number of carboxylic acids is 2. The highest BCUT2D eigenvalue weighted by molar-refractivity contribution is 6.01. The minimum atomic E-state index is -1.42. The Morgan fingerprint density at radius 2 is 1.81 bits per heavy atom. The molecule has 1 aromatic rings. The fraction of sp³-hybridized carbons (Fsp3) is 0.300. The summed E-state index contributed by atoms with van der Waals surface area (Å²) in [5.74, 6) is -2.78. The highest BCUT2D eigenvalue weighted by atomic mass is 16.4. The molecule has 1 heterocycles. The van der Waals surface area contributed by atoms with Crippen molar-refractivity contribution in [1.29, 1.82) is 0 Å². The van der Waals surface area contributed by atoms with Crippen LogP contribution < -0.4 is 5.56 Å². The van der Waals surface area contributed by atoms with E-state index in [1.807, 2.05) is 6.92 Å². The quantitative estimate of drug-likeness (QED) is 0.784. The van der Waals surface area contributed by atoms with Gasteiger partial charge in [0.25, 0.3) is 5.56 Å². The molecule has 6 heteroatoms. The Morgan fingerprint density at radius 3 is 2.25 bits per heavy atom. The van der Waals surface area contributed by atoms with Gasteiger partial charge in [0.2, 0.25) is 0 Å². The molecule has 86 valence electrons. The lowest BCUT2D eigenvalue weighted by Gasteiger charge is -2.07. The Balaban J connectivity index is 3.43. The minimum absolute atomic E-state index is 0.360. The van der Waals surface area contributed by atoms with Gasteiger partial charge in [0.1, 0.15) is 0 Å². The Labute approximate surface area is 90.8 Å². The number of aromatic carboxylic acids is 2. The summed E-state index contributed by atoms with van der Waals surface area (Å²) in [6.07, 6.45) is 1.73. The summed E-state index contributed by atoms with van der Waals surface area (Å²) in [7, 11) is 0. The Bertz CT molecular complexity index is 488. The summed E-state index contributed by atoms with van der Waals surface area (Å²) in [6.45, 7) is 2.19. The zero-order valence-corrected chi connectivity index (χ0v) is 8.64. The van der Waals surface area contributed by atoms with Crippen molar-refractivity contribution in [3.8, 4) is 0 Å². The molecule has 0 saturated heterocycles. The van der Waals surface area contributed by atoms with Crippen LogP contribution in [0.2, 0.25) is 0 Å². The Hall–Kier alpha value is -2.11. The summed E-state index contributed by atoms with van der Waals surface area (Å²) in [5.41, 5.74) is -1.37. The lowest BCUT2D eigenvalue weighted by atomic mass is 10.1. The van der Waals surface area contributed by atoms with Crippen LogP contribution in [0.3, 0.4) is 0 Å². The molecule has 16 heavy (non-hydrogen) atoms. The van der Waals surface area contributed by atoms with E-state index in [0.717, 1.165) is 12.3 Å². The van der Waals surface area contributed by atoms with Crippen LogP contribution >= 0.6 is 0 Å². The maximum atomic E-state index is 11.4. The first-order chi connectivity index (χ1) is 7.47. The number of rotatable bonds is 4. The molecule has 0 fully saturated rings. The predicted octanol–water partition coefficient (Wildman–Crippen LogP) is 0.655. The van der Waals surface area contributed by atoms with Crippen LogP contribution in [-0.2, 0) is 6.54 Å². The third-order valence-electron chi connectivity index (χ3n) is 2.05. The van der Waals surface area contributed by atoms with Crippen molar-refractivity contribution in [3.05, 3.63) is 33.7 Å². The molecule has 1 aromatic heterocycles. The molecule has 0 bridgehead atoms. The van der Waals surface area contributed by atoms with Gasteiger partial charge in [-0.3, -0.25) is 4.79 Å². The molecule has 0 aliphatic rings. The smallest absolute Gasteiger partial charge is 0.338 e. The maximum absolute atomic E-state index is 11.4. The molecule has 2 N–H and O–H groups in total. The van der Waals surface area contributed by atoms with E-state index in [9.17, 15) is 14.4 Å². The van der Waals surface area contributed by atoms with Crippen molar-refractivity contribution in [2.75, 3.05) is 0 Å². The molecular formula is C10H11NO5. The number of nitrogens with zero attached hydrogens (tertiary/aromatic N) is 1. The average Bonchev–Trinajstić information content (AvgIpc) is 2.20. The van der Waals surface area contributed by atoms with Gasteiger partial charge in [-0.25, -0.2) is 9.59 Å². The van der Waals surface area contributed by atoms with Gasteiger partial charge in [0.15, 0.2) is 0 Å². The largest absolute Gasteiger partial charge is 0.478 e. The van der Waals surface area contributed by atoms with Crippen LogP contribution in [0.5, 0.6) is 0 Å². The van der Waals surface area contributed by atoms with Crippen LogP contribution in [0.4, 0.5) is 0 Å². The van der Waals surface area contributed by atoms with Crippen LogP contribution in [0.15, 0.2) is 17.1 Å². The summed E-state index contributed by atoms with van der Waals surface area (Å²) in [6, 6.07) is 0.835. The highest BCUT2D eigenvalue weighted by Gasteiger charge is 2.17. The van der Waals surface area contributed by atoms with E-state index in [-0.39, 0.29) is 5.56 Å². The maximum Gasteiger partial charge on any atom is 0.338 e. The van der Waals surface area contributed by atoms with E-state index in [4.69, 9.17) is 10.2 Å². The van der Waals surface area contributed by atoms with Gasteiger partial charge in [-0.05, 0) is 6.42 Å². The van der Waals surface area contributed by atoms with Crippen molar-refractivity contribution in [3.63, 3.8) is 0 Å². The van der Waals surface area contributed by atoms with Gasteiger partial charge in [0, 0.05) is 18.8 Å². The van der Waals surface area contributed by atoms with E-state index in [2.05, 4.69) is 0 Å². The summed E-state index contributed by atoms with van der Waals surface area (Å²) >= 11 is 0. The molecule has 0 unspecified atom stereocenters. The second-order valence-electron chi connectivity index (χ2n) is 3.24. The van der Waals surface area contributed by atoms with Crippen LogP contribution in [-0.4, -0.2) is 26.7 Å². The van der Waals surface area contributed by atoms with E-state index in [1.54, 1.807) is 0 Å². The number of carbonyl (C=O) groups is 2. The number of hydrogen-bond acceptors (Lipinski definition) is 3. The molecule has 0 aliphatic carbocycles. The van der Waals surface area contributed by atoms with Gasteiger partial charge >= 0.3 is 11.9 Å². The summed E-state index contributed by atoms with van der Waals surface area (Å²) < 4.78 is 1.19. The molecule has 0 saturated carbocycles. The second kappa shape index (κ2) is 4.61. The number of carboxylic acid groups (broad SMARTS) is 2. The molecule has 0 aromatic carbocycles. The van der Waals surface area contributed by atoms with Crippen molar-refractivity contribution >= 4 is 11.9 Å². The second-order valence-corrected chi connectivity index (χ2v) is 3.24. The standard InChI is InChI=1S/C10H11NO5/c1-2-3-11-5-7(10(15)16)6(9(13)14)4-8(11)12/h4-5H,2-3H2,1H3,(H,13,14)(H,15,16). The average molecular weight is 225 g/mol. The SMILES string of the molecule is CCCn1cc(C(=O)O)c(C(=O)O)cc1=O. The van der Waals surface area contributed by atoms with E-state index >= 15 is 0 Å². The molecule has 0 atom stereocenters. The topological polar surface area (TPSA) is 96.6 Å². The first kappa shape index (κ1) is 12.0. The summed E-state index contributed by atoms with van der Waals surface area (Å²) in [5, 5.41) is 17.6. The molecule has 1 rings (SSSR count). The van der Waals surface area contributed by atoms with Crippen molar-refractivity contribution < 1.29 is 19.8 Å². The molecular weight excluding hydrogens is 214 g/mol. The zero-order chi connectivity index (χ0) is 12.3. The number of hydrogen-bond donors (Lipinski definition) is 2. The monoisotopic (exact) mass is 225 g/mol. The minimum Gasteiger partial charge on any atom is -0.478 e. The molecule has 0 spiro atoms. The van der Waals surface area contributed by atoms with Crippen molar-refractivity contribution in [2.24, 2.45) is 0 Å². The van der Waals surface area contributed by atoms with Crippen molar-refractivity contribution in [2.45, 2.75) is 19.9 Å². The molecule has 0 aliphatic heterocycles. The lowest BCUT2D eigenvalue weighted by molar-refractivity contribution is 0.0650. The third kappa shape index (κ3) is 2.28. The van der Waals surface area contributed by atoms with Gasteiger partial charge in [-0.1, -0.05) is 6.92 Å². The Kier molecular flexibility index (Phi) is 3.44.